The van der Waals surface area contributed by atoms with Crippen LogP contribution in [0.2, 0.25) is 0 Å². The minimum Gasteiger partial charge on any atom is -0.444 e. The van der Waals surface area contributed by atoms with Gasteiger partial charge < -0.3 is 9.73 Å². The molecule has 0 aliphatic rings. The third-order valence-electron chi connectivity index (χ3n) is 3.31. The number of thiophene rings is 1. The fourth-order valence-electron chi connectivity index (χ4n) is 2.14. The third kappa shape index (κ3) is 3.40. The molecule has 2 heterocycles. The van der Waals surface area contributed by atoms with Crippen LogP contribution in [0.1, 0.15) is 29.5 Å². The third-order valence-corrected chi connectivity index (χ3v) is 4.45. The Labute approximate surface area is 128 Å². The van der Waals surface area contributed by atoms with E-state index in [1.807, 2.05) is 24.3 Å². The first-order chi connectivity index (χ1) is 10.2. The lowest BCUT2D eigenvalue weighted by Crippen LogP contribution is -2.17. The summed E-state index contributed by atoms with van der Waals surface area (Å²) in [5.74, 6) is 1.59. The maximum absolute atomic E-state index is 5.54. The van der Waals surface area contributed by atoms with Crippen LogP contribution in [0.5, 0.6) is 0 Å². The Kier molecular flexibility index (Phi) is 4.18. The summed E-state index contributed by atoms with van der Waals surface area (Å²) in [4.78, 5) is 6.86. The van der Waals surface area contributed by atoms with E-state index in [4.69, 9.17) is 4.42 Å². The van der Waals surface area contributed by atoms with E-state index < -0.39 is 0 Å². The summed E-state index contributed by atoms with van der Waals surface area (Å²) in [5, 5.41) is 3.45. The zero-order valence-corrected chi connectivity index (χ0v) is 13.0. The van der Waals surface area contributed by atoms with Gasteiger partial charge in [-0.25, -0.2) is 4.98 Å². The second-order valence-electron chi connectivity index (χ2n) is 5.04. The van der Waals surface area contributed by atoms with Crippen molar-refractivity contribution in [3.63, 3.8) is 0 Å². The maximum Gasteiger partial charge on any atom is 0.211 e. The number of nitrogens with zero attached hydrogens (tertiary/aromatic N) is 1. The van der Waals surface area contributed by atoms with Crippen molar-refractivity contribution < 1.29 is 4.42 Å². The predicted molar refractivity (Wildman–Crippen MR) is 86.2 cm³/mol. The van der Waals surface area contributed by atoms with Gasteiger partial charge in [-0.2, -0.15) is 0 Å². The summed E-state index contributed by atoms with van der Waals surface area (Å²) in [5.41, 5.74) is 1.27. The van der Waals surface area contributed by atoms with Crippen molar-refractivity contribution >= 4 is 11.3 Å². The minimum absolute atomic E-state index is 0.112. The summed E-state index contributed by atoms with van der Waals surface area (Å²) in [6.45, 7) is 4.80. The molecule has 21 heavy (non-hydrogen) atoms. The number of rotatable bonds is 5. The summed E-state index contributed by atoms with van der Waals surface area (Å²) >= 11 is 1.81. The number of hydrogen-bond acceptors (Lipinski definition) is 4. The van der Waals surface area contributed by atoms with Crippen LogP contribution in [0.3, 0.4) is 0 Å². The first-order valence-electron chi connectivity index (χ1n) is 7.02. The number of nitrogens with one attached hydrogen (secondary N) is 1. The zero-order chi connectivity index (χ0) is 14.7. The van der Waals surface area contributed by atoms with E-state index in [1.165, 1.54) is 15.3 Å². The van der Waals surface area contributed by atoms with E-state index in [0.29, 0.717) is 0 Å². The van der Waals surface area contributed by atoms with Crippen molar-refractivity contribution in [1.82, 2.24) is 10.3 Å². The van der Waals surface area contributed by atoms with E-state index in [-0.39, 0.29) is 6.04 Å². The Hall–Kier alpha value is -1.91. The molecule has 0 amide bonds. The van der Waals surface area contributed by atoms with Gasteiger partial charge in [-0.05, 0) is 31.5 Å². The molecule has 108 valence electrons. The quantitative estimate of drug-likeness (QED) is 0.750. The van der Waals surface area contributed by atoms with Crippen molar-refractivity contribution in [1.29, 1.82) is 0 Å². The SMILES string of the molecule is Cc1cnc(C(C)NCc2ccc(-c3ccccc3)s2)o1. The van der Waals surface area contributed by atoms with Crippen LogP contribution in [0, 0.1) is 6.92 Å². The lowest BCUT2D eigenvalue weighted by molar-refractivity contribution is 0.403. The van der Waals surface area contributed by atoms with Crippen LogP contribution < -0.4 is 5.32 Å². The highest BCUT2D eigenvalue weighted by Crippen LogP contribution is 2.28. The fraction of sp³-hybridized carbons (Fsp3) is 0.235. The average Bonchev–Trinajstić information content (AvgIpc) is 3.15. The number of hydrogen-bond donors (Lipinski definition) is 1. The monoisotopic (exact) mass is 298 g/mol. The molecule has 0 spiro atoms. The summed E-state index contributed by atoms with van der Waals surface area (Å²) in [7, 11) is 0. The van der Waals surface area contributed by atoms with Crippen LogP contribution >= 0.6 is 11.3 Å². The van der Waals surface area contributed by atoms with Crippen LogP contribution in [0.15, 0.2) is 53.1 Å². The predicted octanol–water partition coefficient (Wildman–Crippen LogP) is 4.56. The van der Waals surface area contributed by atoms with E-state index in [0.717, 1.165) is 18.2 Å². The van der Waals surface area contributed by atoms with E-state index in [9.17, 15) is 0 Å². The van der Waals surface area contributed by atoms with Crippen molar-refractivity contribution in [2.45, 2.75) is 26.4 Å². The molecular weight excluding hydrogens is 280 g/mol. The van der Waals surface area contributed by atoms with Gasteiger partial charge in [-0.1, -0.05) is 30.3 Å². The number of benzene rings is 1. The Morgan fingerprint density at radius 3 is 2.71 bits per heavy atom. The van der Waals surface area contributed by atoms with Gasteiger partial charge in [0.25, 0.3) is 0 Å². The summed E-state index contributed by atoms with van der Waals surface area (Å²) in [6, 6.07) is 14.9. The lowest BCUT2D eigenvalue weighted by atomic mass is 10.2. The van der Waals surface area contributed by atoms with E-state index >= 15 is 0 Å². The Morgan fingerprint density at radius 1 is 1.19 bits per heavy atom. The van der Waals surface area contributed by atoms with Gasteiger partial charge in [0.1, 0.15) is 5.76 Å². The Morgan fingerprint density at radius 2 is 2.00 bits per heavy atom. The number of oxazole rings is 1. The lowest BCUT2D eigenvalue weighted by Gasteiger charge is -2.08. The molecule has 2 aromatic heterocycles. The molecule has 0 radical (unpaired) electrons. The van der Waals surface area contributed by atoms with Gasteiger partial charge in [0, 0.05) is 16.3 Å². The van der Waals surface area contributed by atoms with Gasteiger partial charge >= 0.3 is 0 Å². The molecule has 0 saturated heterocycles. The smallest absolute Gasteiger partial charge is 0.211 e. The molecule has 3 rings (SSSR count). The van der Waals surface area contributed by atoms with Gasteiger partial charge in [0.2, 0.25) is 5.89 Å². The normalized spacial score (nSPS) is 12.5. The standard InChI is InChI=1S/C17H18N2OS/c1-12-10-19-17(20-12)13(2)18-11-15-8-9-16(21-15)14-6-4-3-5-7-14/h3-10,13,18H,11H2,1-2H3. The van der Waals surface area contributed by atoms with Gasteiger partial charge in [0.15, 0.2) is 0 Å². The van der Waals surface area contributed by atoms with Gasteiger partial charge in [-0.15, -0.1) is 11.3 Å². The summed E-state index contributed by atoms with van der Waals surface area (Å²) < 4.78 is 5.54. The van der Waals surface area contributed by atoms with Crippen molar-refractivity contribution in [3.05, 3.63) is 65.2 Å². The fourth-order valence-corrected chi connectivity index (χ4v) is 3.11. The Balaban J connectivity index is 1.63. The van der Waals surface area contributed by atoms with E-state index in [2.05, 4.69) is 53.6 Å². The second kappa shape index (κ2) is 6.24. The number of aromatic nitrogens is 1. The van der Waals surface area contributed by atoms with Crippen LogP contribution in [-0.2, 0) is 6.54 Å². The van der Waals surface area contributed by atoms with Crippen molar-refractivity contribution in [2.75, 3.05) is 0 Å². The molecule has 0 aliphatic heterocycles. The molecule has 4 heteroatoms. The van der Waals surface area contributed by atoms with Gasteiger partial charge in [0.05, 0.1) is 12.2 Å². The largest absolute Gasteiger partial charge is 0.444 e. The molecule has 1 N–H and O–H groups in total. The molecule has 0 fully saturated rings. The van der Waals surface area contributed by atoms with E-state index in [1.54, 1.807) is 6.20 Å². The zero-order valence-electron chi connectivity index (χ0n) is 12.2. The van der Waals surface area contributed by atoms with Gasteiger partial charge in [-0.3, -0.25) is 0 Å². The van der Waals surface area contributed by atoms with Crippen molar-refractivity contribution in [2.24, 2.45) is 0 Å². The highest BCUT2D eigenvalue weighted by molar-refractivity contribution is 7.15. The molecule has 0 saturated carbocycles. The highest BCUT2D eigenvalue weighted by Gasteiger charge is 2.11. The molecule has 1 atom stereocenters. The first-order valence-corrected chi connectivity index (χ1v) is 7.84. The summed E-state index contributed by atoms with van der Waals surface area (Å²) in [6.07, 6.45) is 1.76. The molecule has 1 unspecified atom stereocenters. The molecule has 3 nitrogen and oxygen atoms in total. The topological polar surface area (TPSA) is 38.1 Å². The van der Waals surface area contributed by atoms with Crippen LogP contribution in [0.25, 0.3) is 10.4 Å². The second-order valence-corrected chi connectivity index (χ2v) is 6.21. The molecule has 0 bridgehead atoms. The molecule has 3 aromatic rings. The molecule has 0 aliphatic carbocycles. The van der Waals surface area contributed by atoms with Crippen molar-refractivity contribution in [3.8, 4) is 10.4 Å². The maximum atomic E-state index is 5.54. The first kappa shape index (κ1) is 14.0. The molecular formula is C17H18N2OS. The highest BCUT2D eigenvalue weighted by atomic mass is 32.1. The average molecular weight is 298 g/mol. The van der Waals surface area contributed by atoms with Crippen LogP contribution in [-0.4, -0.2) is 4.98 Å². The number of aryl methyl sites for hydroxylation is 1. The minimum atomic E-state index is 0.112. The molecule has 1 aromatic carbocycles. The Bertz CT molecular complexity index is 702. The van der Waals surface area contributed by atoms with Crippen LogP contribution in [0.4, 0.5) is 0 Å².